The number of fused-ring (bicyclic) bond motifs is 1. The van der Waals surface area contributed by atoms with Crippen LogP contribution in [0.5, 0.6) is 5.75 Å². The van der Waals surface area contributed by atoms with Gasteiger partial charge in [-0.3, -0.25) is 4.98 Å². The summed E-state index contributed by atoms with van der Waals surface area (Å²) in [4.78, 5) is 9.06. The molecule has 0 spiro atoms. The molecule has 0 saturated heterocycles. The van der Waals surface area contributed by atoms with Gasteiger partial charge in [0.15, 0.2) is 5.65 Å². The van der Waals surface area contributed by atoms with E-state index in [1.54, 1.807) is 19.5 Å². The highest BCUT2D eigenvalue weighted by Gasteiger charge is 2.22. The van der Waals surface area contributed by atoms with Gasteiger partial charge in [-0.15, -0.1) is 0 Å². The molecule has 1 aliphatic carbocycles. The number of anilines is 1. The molecular weight excluding hydrogens is 452 g/mol. The van der Waals surface area contributed by atoms with Crippen molar-refractivity contribution in [1.82, 2.24) is 19.7 Å². The van der Waals surface area contributed by atoms with Crippen molar-refractivity contribution < 1.29 is 9.84 Å². The van der Waals surface area contributed by atoms with E-state index in [1.807, 2.05) is 41.2 Å². The summed E-state index contributed by atoms with van der Waals surface area (Å²) in [6, 6.07) is 12.2. The van der Waals surface area contributed by atoms with Crippen molar-refractivity contribution in [2.24, 2.45) is 0 Å². The van der Waals surface area contributed by atoms with E-state index in [2.05, 4.69) is 30.2 Å². The highest BCUT2D eigenvalue weighted by atomic mass is 16.5. The van der Waals surface area contributed by atoms with Crippen LogP contribution < -0.4 is 10.1 Å². The molecule has 2 N–H and O–H groups in total. The zero-order valence-corrected chi connectivity index (χ0v) is 20.8. The van der Waals surface area contributed by atoms with Crippen molar-refractivity contribution in [3.63, 3.8) is 0 Å². The molecule has 0 aliphatic heterocycles. The third kappa shape index (κ3) is 4.50. The first-order valence-corrected chi connectivity index (χ1v) is 12.3. The third-order valence-corrected chi connectivity index (χ3v) is 6.83. The number of nitrogens with zero attached hydrogens (tertiary/aromatic N) is 5. The van der Waals surface area contributed by atoms with Gasteiger partial charge in [-0.05, 0) is 67.5 Å². The predicted octanol–water partition coefficient (Wildman–Crippen LogP) is 5.20. The number of benzene rings is 1. The van der Waals surface area contributed by atoms with Gasteiger partial charge in [0.2, 0.25) is 0 Å². The second-order valence-electron chi connectivity index (χ2n) is 9.61. The van der Waals surface area contributed by atoms with Crippen LogP contribution in [0.3, 0.4) is 0 Å². The Bertz CT molecular complexity index is 1430. The van der Waals surface area contributed by atoms with E-state index >= 15 is 0 Å². The molecule has 0 radical (unpaired) electrons. The molecule has 0 atom stereocenters. The second-order valence-corrected chi connectivity index (χ2v) is 9.61. The first-order chi connectivity index (χ1) is 17.5. The summed E-state index contributed by atoms with van der Waals surface area (Å²) < 4.78 is 7.26. The van der Waals surface area contributed by atoms with Gasteiger partial charge in [-0.1, -0.05) is 13.8 Å². The highest BCUT2D eigenvalue weighted by molar-refractivity contribution is 5.96. The number of ether oxygens (including phenoxy) is 1. The minimum atomic E-state index is -0.227. The zero-order valence-electron chi connectivity index (χ0n) is 20.8. The van der Waals surface area contributed by atoms with Crippen LogP contribution in [0.25, 0.3) is 27.8 Å². The Labute approximate surface area is 210 Å². The van der Waals surface area contributed by atoms with Crippen LogP contribution in [0, 0.1) is 11.3 Å². The Morgan fingerprint density at radius 2 is 1.94 bits per heavy atom. The van der Waals surface area contributed by atoms with E-state index in [-0.39, 0.29) is 18.1 Å². The van der Waals surface area contributed by atoms with E-state index in [0.717, 1.165) is 64.9 Å². The van der Waals surface area contributed by atoms with Gasteiger partial charge in [-0.25, -0.2) is 9.67 Å². The van der Waals surface area contributed by atoms with Crippen LogP contribution in [-0.2, 0) is 0 Å². The van der Waals surface area contributed by atoms with E-state index < -0.39 is 0 Å². The fourth-order valence-corrected chi connectivity index (χ4v) is 4.89. The number of methoxy groups -OCH3 is 1. The molecule has 0 bridgehead atoms. The SMILES string of the molecule is COc1cncc(-c2ccnc3c2c(C(C)C)nn3-c2ccc(C#N)c(NC3CCC(O)CC3)c2)c1. The van der Waals surface area contributed by atoms with Crippen LogP contribution in [0.1, 0.15) is 56.7 Å². The molecule has 4 aromatic rings. The highest BCUT2D eigenvalue weighted by Crippen LogP contribution is 2.36. The van der Waals surface area contributed by atoms with Gasteiger partial charge >= 0.3 is 0 Å². The van der Waals surface area contributed by atoms with Gasteiger partial charge in [-0.2, -0.15) is 10.4 Å². The summed E-state index contributed by atoms with van der Waals surface area (Å²) in [5, 5.41) is 29.1. The molecule has 1 saturated carbocycles. The molecule has 5 rings (SSSR count). The van der Waals surface area contributed by atoms with Crippen molar-refractivity contribution in [2.45, 2.75) is 57.6 Å². The summed E-state index contributed by atoms with van der Waals surface area (Å²) in [5.74, 6) is 0.855. The molecule has 8 nitrogen and oxygen atoms in total. The summed E-state index contributed by atoms with van der Waals surface area (Å²) >= 11 is 0. The first-order valence-electron chi connectivity index (χ1n) is 12.3. The average Bonchev–Trinajstić information content (AvgIpc) is 3.30. The van der Waals surface area contributed by atoms with Crippen LogP contribution in [0.2, 0.25) is 0 Å². The summed E-state index contributed by atoms with van der Waals surface area (Å²) in [5.41, 5.74) is 5.81. The van der Waals surface area contributed by atoms with Crippen molar-refractivity contribution >= 4 is 16.7 Å². The van der Waals surface area contributed by atoms with Crippen molar-refractivity contribution in [2.75, 3.05) is 12.4 Å². The van der Waals surface area contributed by atoms with E-state index in [4.69, 9.17) is 14.8 Å². The van der Waals surface area contributed by atoms with Gasteiger partial charge in [0.1, 0.15) is 11.8 Å². The number of aliphatic hydroxyl groups excluding tert-OH is 1. The van der Waals surface area contributed by atoms with Crippen LogP contribution in [-0.4, -0.2) is 44.1 Å². The number of rotatable bonds is 6. The van der Waals surface area contributed by atoms with Crippen molar-refractivity contribution in [3.8, 4) is 28.6 Å². The predicted molar refractivity (Wildman–Crippen MR) is 139 cm³/mol. The summed E-state index contributed by atoms with van der Waals surface area (Å²) in [6.45, 7) is 4.24. The summed E-state index contributed by atoms with van der Waals surface area (Å²) in [7, 11) is 1.63. The minimum Gasteiger partial charge on any atom is -0.495 e. The van der Waals surface area contributed by atoms with E-state index in [0.29, 0.717) is 11.3 Å². The maximum Gasteiger partial charge on any atom is 0.163 e. The smallest absolute Gasteiger partial charge is 0.163 e. The van der Waals surface area contributed by atoms with Gasteiger partial charge in [0.25, 0.3) is 0 Å². The standard InChI is InChI=1S/C28H30N6O2/c1-17(2)27-26-24(19-12-23(36-3)16-30-15-19)10-11-31-28(26)34(33-27)21-7-4-18(14-29)25(13-21)32-20-5-8-22(35)9-6-20/h4,7,10-13,15-17,20,22,32,35H,5-6,8-9H2,1-3H3. The Morgan fingerprint density at radius 1 is 1.14 bits per heavy atom. The van der Waals surface area contributed by atoms with E-state index in [9.17, 15) is 10.4 Å². The first kappa shape index (κ1) is 23.8. The zero-order chi connectivity index (χ0) is 25.2. The quantitative estimate of drug-likeness (QED) is 0.389. The number of nitriles is 1. The molecule has 8 heteroatoms. The van der Waals surface area contributed by atoms with Crippen molar-refractivity contribution in [3.05, 3.63) is 60.2 Å². The maximum absolute atomic E-state index is 9.86. The number of nitrogens with one attached hydrogen (secondary N) is 1. The maximum atomic E-state index is 9.86. The lowest BCUT2D eigenvalue weighted by Crippen LogP contribution is -2.28. The topological polar surface area (TPSA) is 109 Å². The van der Waals surface area contributed by atoms with Gasteiger partial charge in [0, 0.05) is 24.0 Å². The molecule has 0 unspecified atom stereocenters. The number of pyridine rings is 2. The fraction of sp³-hybridized carbons (Fsp3) is 0.357. The molecule has 3 aromatic heterocycles. The lowest BCUT2D eigenvalue weighted by molar-refractivity contribution is 0.126. The Balaban J connectivity index is 1.62. The van der Waals surface area contributed by atoms with Crippen LogP contribution >= 0.6 is 0 Å². The third-order valence-electron chi connectivity index (χ3n) is 6.83. The average molecular weight is 483 g/mol. The molecule has 184 valence electrons. The lowest BCUT2D eigenvalue weighted by Gasteiger charge is -2.27. The number of hydrogen-bond acceptors (Lipinski definition) is 7. The monoisotopic (exact) mass is 482 g/mol. The number of hydrogen-bond donors (Lipinski definition) is 2. The second kappa shape index (κ2) is 9.96. The van der Waals surface area contributed by atoms with Crippen molar-refractivity contribution in [1.29, 1.82) is 5.26 Å². The molecule has 0 amide bonds. The lowest BCUT2D eigenvalue weighted by atomic mass is 9.93. The van der Waals surface area contributed by atoms with Crippen LogP contribution in [0.15, 0.2) is 48.9 Å². The minimum absolute atomic E-state index is 0.167. The Hall–Kier alpha value is -3.96. The molecular formula is C28H30N6O2. The fourth-order valence-electron chi connectivity index (χ4n) is 4.89. The number of aromatic nitrogens is 4. The number of aliphatic hydroxyl groups is 1. The van der Waals surface area contributed by atoms with Gasteiger partial charge < -0.3 is 15.2 Å². The molecule has 1 aromatic carbocycles. The largest absolute Gasteiger partial charge is 0.495 e. The van der Waals surface area contributed by atoms with Crippen LogP contribution in [0.4, 0.5) is 5.69 Å². The molecule has 1 fully saturated rings. The Kier molecular flexibility index (Phi) is 6.57. The Morgan fingerprint density at radius 3 is 2.67 bits per heavy atom. The normalized spacial score (nSPS) is 17.8. The van der Waals surface area contributed by atoms with E-state index in [1.165, 1.54) is 0 Å². The molecule has 1 aliphatic rings. The van der Waals surface area contributed by atoms with Gasteiger partial charge in [0.05, 0.1) is 47.4 Å². The molecule has 3 heterocycles. The molecule has 36 heavy (non-hydrogen) atoms. The summed E-state index contributed by atoms with van der Waals surface area (Å²) in [6.07, 6.45) is 8.36.